The highest BCUT2D eigenvalue weighted by molar-refractivity contribution is 6.35. The van der Waals surface area contributed by atoms with E-state index in [-0.39, 0.29) is 5.75 Å². The molecule has 25 heavy (non-hydrogen) atoms. The molecule has 0 spiro atoms. The van der Waals surface area contributed by atoms with Crippen LogP contribution in [0.4, 0.5) is 13.2 Å². The normalized spacial score (nSPS) is 15.4. The molecule has 4 rings (SSSR count). The maximum Gasteiger partial charge on any atom is 0.573 e. The summed E-state index contributed by atoms with van der Waals surface area (Å²) in [5, 5.41) is 6.04. The summed E-state index contributed by atoms with van der Waals surface area (Å²) in [5.74, 6) is 0.0659. The summed E-state index contributed by atoms with van der Waals surface area (Å²) in [5.41, 5.74) is 2.09. The van der Waals surface area contributed by atoms with Gasteiger partial charge in [-0.15, -0.1) is 13.2 Å². The predicted octanol–water partition coefficient (Wildman–Crippen LogP) is 5.24. The first kappa shape index (κ1) is 16.2. The van der Waals surface area contributed by atoms with E-state index in [2.05, 4.69) is 14.8 Å². The highest BCUT2D eigenvalue weighted by Gasteiger charge is 2.31. The Kier molecular flexibility index (Phi) is 3.83. The van der Waals surface area contributed by atoms with Gasteiger partial charge in [0.25, 0.3) is 0 Å². The molecule has 8 heteroatoms. The first-order valence-electron chi connectivity index (χ1n) is 7.82. The van der Waals surface area contributed by atoms with Crippen LogP contribution in [-0.4, -0.2) is 21.1 Å². The number of nitrogens with zero attached hydrogens (tertiary/aromatic N) is 3. The van der Waals surface area contributed by atoms with Gasteiger partial charge >= 0.3 is 6.36 Å². The van der Waals surface area contributed by atoms with Crippen LogP contribution in [0.5, 0.6) is 5.75 Å². The summed E-state index contributed by atoms with van der Waals surface area (Å²) in [6.45, 7) is 0. The maximum absolute atomic E-state index is 12.3. The fourth-order valence-electron chi connectivity index (χ4n) is 2.97. The van der Waals surface area contributed by atoms with Gasteiger partial charge in [0.2, 0.25) is 0 Å². The third-order valence-electron chi connectivity index (χ3n) is 4.35. The Hall–Kier alpha value is -2.28. The van der Waals surface area contributed by atoms with E-state index in [9.17, 15) is 13.2 Å². The Morgan fingerprint density at radius 2 is 1.84 bits per heavy atom. The van der Waals surface area contributed by atoms with Crippen molar-refractivity contribution in [2.24, 2.45) is 0 Å². The summed E-state index contributed by atoms with van der Waals surface area (Å²) in [4.78, 5) is 4.37. The average Bonchev–Trinajstić information content (AvgIpc) is 2.85. The van der Waals surface area contributed by atoms with Crippen molar-refractivity contribution in [3.8, 4) is 11.4 Å². The Morgan fingerprint density at radius 3 is 2.44 bits per heavy atom. The van der Waals surface area contributed by atoms with Crippen molar-refractivity contribution in [1.29, 1.82) is 0 Å². The number of rotatable bonds is 3. The molecular formula is C17H13ClF3N3O. The van der Waals surface area contributed by atoms with Crippen LogP contribution in [0.25, 0.3) is 16.7 Å². The number of ether oxygens (including phenoxy) is 1. The van der Waals surface area contributed by atoms with Gasteiger partial charge in [-0.2, -0.15) is 5.10 Å². The molecule has 0 N–H and O–H groups in total. The van der Waals surface area contributed by atoms with Gasteiger partial charge in [-0.05, 0) is 43.2 Å². The van der Waals surface area contributed by atoms with Gasteiger partial charge < -0.3 is 4.74 Å². The molecule has 4 nitrogen and oxygen atoms in total. The molecule has 1 aliphatic rings. The molecule has 0 saturated heterocycles. The molecule has 0 radical (unpaired) electrons. The molecule has 2 aromatic heterocycles. The molecule has 1 fully saturated rings. The Balaban J connectivity index is 1.77. The highest BCUT2D eigenvalue weighted by Crippen LogP contribution is 2.41. The summed E-state index contributed by atoms with van der Waals surface area (Å²) < 4.78 is 42.4. The number of benzene rings is 1. The van der Waals surface area contributed by atoms with Crippen LogP contribution in [0, 0.1) is 0 Å². The molecule has 0 aliphatic heterocycles. The second-order valence-corrected chi connectivity index (χ2v) is 6.37. The average molecular weight is 368 g/mol. The Labute approximate surface area is 146 Å². The van der Waals surface area contributed by atoms with Gasteiger partial charge in [0.1, 0.15) is 5.75 Å². The second kappa shape index (κ2) is 5.91. The van der Waals surface area contributed by atoms with Crippen molar-refractivity contribution in [3.63, 3.8) is 0 Å². The van der Waals surface area contributed by atoms with E-state index in [1.807, 2.05) is 0 Å². The molecule has 1 saturated carbocycles. The van der Waals surface area contributed by atoms with E-state index in [0.29, 0.717) is 22.3 Å². The summed E-state index contributed by atoms with van der Waals surface area (Å²) in [7, 11) is 0. The van der Waals surface area contributed by atoms with Gasteiger partial charge in [0.05, 0.1) is 21.8 Å². The van der Waals surface area contributed by atoms with Gasteiger partial charge in [-0.25, -0.2) is 9.67 Å². The third kappa shape index (κ3) is 3.04. The summed E-state index contributed by atoms with van der Waals surface area (Å²) in [6.07, 6.45) is 0.132. The zero-order valence-corrected chi connectivity index (χ0v) is 13.7. The molecule has 0 bridgehead atoms. The first-order chi connectivity index (χ1) is 11.9. The third-order valence-corrected chi connectivity index (χ3v) is 4.67. The fraction of sp³-hybridized carbons (Fsp3) is 0.294. The number of aromatic nitrogens is 3. The van der Waals surface area contributed by atoms with Crippen molar-refractivity contribution >= 4 is 22.6 Å². The molecule has 130 valence electrons. The minimum absolute atomic E-state index is 0.280. The number of alkyl halides is 3. The topological polar surface area (TPSA) is 39.9 Å². The van der Waals surface area contributed by atoms with Crippen molar-refractivity contribution < 1.29 is 17.9 Å². The summed E-state index contributed by atoms with van der Waals surface area (Å²) >= 11 is 6.35. The molecular weight excluding hydrogens is 355 g/mol. The second-order valence-electron chi connectivity index (χ2n) is 5.96. The largest absolute Gasteiger partial charge is 0.573 e. The standard InChI is InChI=1S/C17H13ClF3N3O/c18-13-8-9-22-16-14(13)15(10-2-1-3-10)23-24(16)11-4-6-12(7-5-11)25-17(19,20)21/h4-10H,1-3H2. The van der Waals surface area contributed by atoms with Crippen molar-refractivity contribution in [2.75, 3.05) is 0 Å². The van der Waals surface area contributed by atoms with Crippen molar-refractivity contribution in [3.05, 3.63) is 47.2 Å². The SMILES string of the molecule is FC(F)(F)Oc1ccc(-n2nc(C3CCC3)c3c(Cl)ccnc32)cc1. The van der Waals surface area contributed by atoms with E-state index < -0.39 is 6.36 Å². The van der Waals surface area contributed by atoms with Crippen LogP contribution in [0.1, 0.15) is 30.9 Å². The lowest BCUT2D eigenvalue weighted by Gasteiger charge is -2.23. The van der Waals surface area contributed by atoms with E-state index >= 15 is 0 Å². The lowest BCUT2D eigenvalue weighted by molar-refractivity contribution is -0.274. The molecule has 0 unspecified atom stereocenters. The lowest BCUT2D eigenvalue weighted by atomic mass is 9.82. The van der Waals surface area contributed by atoms with E-state index in [1.54, 1.807) is 16.9 Å². The Morgan fingerprint density at radius 1 is 1.12 bits per heavy atom. The minimum Gasteiger partial charge on any atom is -0.406 e. The van der Waals surface area contributed by atoms with Gasteiger partial charge in [-0.1, -0.05) is 18.0 Å². The monoisotopic (exact) mass is 367 g/mol. The molecule has 0 amide bonds. The van der Waals surface area contributed by atoms with Gasteiger partial charge in [-0.3, -0.25) is 0 Å². The lowest BCUT2D eigenvalue weighted by Crippen LogP contribution is -2.17. The smallest absolute Gasteiger partial charge is 0.406 e. The van der Waals surface area contributed by atoms with Crippen LogP contribution >= 0.6 is 11.6 Å². The first-order valence-corrected chi connectivity index (χ1v) is 8.19. The van der Waals surface area contributed by atoms with Crippen LogP contribution in [0.15, 0.2) is 36.5 Å². The van der Waals surface area contributed by atoms with Gasteiger partial charge in [0.15, 0.2) is 5.65 Å². The minimum atomic E-state index is -4.72. The van der Waals surface area contributed by atoms with E-state index in [1.165, 1.54) is 24.3 Å². The van der Waals surface area contributed by atoms with Crippen LogP contribution in [0.3, 0.4) is 0 Å². The van der Waals surface area contributed by atoms with Crippen LogP contribution in [0.2, 0.25) is 5.02 Å². The number of halogens is 4. The molecule has 1 aliphatic carbocycles. The summed E-state index contributed by atoms with van der Waals surface area (Å²) in [6, 6.07) is 7.26. The number of hydrogen-bond acceptors (Lipinski definition) is 3. The molecule has 0 atom stereocenters. The number of pyridine rings is 1. The van der Waals surface area contributed by atoms with E-state index in [4.69, 9.17) is 11.6 Å². The zero-order chi connectivity index (χ0) is 17.6. The highest BCUT2D eigenvalue weighted by atomic mass is 35.5. The Bertz CT molecular complexity index is 917. The van der Waals surface area contributed by atoms with Crippen LogP contribution < -0.4 is 4.74 Å². The maximum atomic E-state index is 12.3. The number of hydrogen-bond donors (Lipinski definition) is 0. The van der Waals surface area contributed by atoms with E-state index in [0.717, 1.165) is 30.3 Å². The predicted molar refractivity (Wildman–Crippen MR) is 87.2 cm³/mol. The quantitative estimate of drug-likeness (QED) is 0.635. The zero-order valence-electron chi connectivity index (χ0n) is 12.9. The molecule has 2 heterocycles. The van der Waals surface area contributed by atoms with Crippen LogP contribution in [-0.2, 0) is 0 Å². The molecule has 1 aromatic carbocycles. The van der Waals surface area contributed by atoms with Crippen molar-refractivity contribution in [1.82, 2.24) is 14.8 Å². The number of fused-ring (bicyclic) bond motifs is 1. The van der Waals surface area contributed by atoms with Gasteiger partial charge in [0, 0.05) is 12.1 Å². The fourth-order valence-corrected chi connectivity index (χ4v) is 3.20. The van der Waals surface area contributed by atoms with Crippen molar-refractivity contribution in [2.45, 2.75) is 31.5 Å². The molecule has 3 aromatic rings.